The average molecular weight is 305 g/mol. The summed E-state index contributed by atoms with van der Waals surface area (Å²) in [5.74, 6) is -0.0453. The average Bonchev–Trinajstić information content (AvgIpc) is 2.21. The normalized spacial score (nSPS) is 12.2. The summed E-state index contributed by atoms with van der Waals surface area (Å²) in [6.45, 7) is 4.44. The molecule has 0 heterocycles. The lowest BCUT2D eigenvalue weighted by molar-refractivity contribution is 0.0952. The molecule has 2 nitrogen and oxygen atoms in total. The van der Waals surface area contributed by atoms with E-state index in [4.69, 9.17) is 11.6 Å². The predicted octanol–water partition coefficient (Wildman–Crippen LogP) is 3.50. The van der Waals surface area contributed by atoms with E-state index in [1.165, 1.54) is 0 Å². The summed E-state index contributed by atoms with van der Waals surface area (Å²) < 4.78 is 0.950. The maximum atomic E-state index is 11.8. The maximum absolute atomic E-state index is 11.8. The van der Waals surface area contributed by atoms with Gasteiger partial charge >= 0.3 is 0 Å². The van der Waals surface area contributed by atoms with Gasteiger partial charge in [0.05, 0.1) is 0 Å². The molecule has 0 aromatic heterocycles. The highest BCUT2D eigenvalue weighted by Crippen LogP contribution is 2.19. The summed E-state index contributed by atoms with van der Waals surface area (Å²) >= 11 is 9.21. The molecule has 1 aromatic rings. The smallest absolute Gasteiger partial charge is 0.251 e. The van der Waals surface area contributed by atoms with Gasteiger partial charge in [-0.25, -0.2) is 0 Å². The van der Waals surface area contributed by atoms with Gasteiger partial charge in [0.15, 0.2) is 0 Å². The van der Waals surface area contributed by atoms with Crippen molar-refractivity contribution in [1.82, 2.24) is 5.32 Å². The number of hydrogen-bond donors (Lipinski definition) is 1. The van der Waals surface area contributed by atoms with Gasteiger partial charge in [0.1, 0.15) is 0 Å². The molecule has 4 heteroatoms. The number of halogens is 2. The first-order valence-corrected chi connectivity index (χ1v) is 6.42. The summed E-state index contributed by atoms with van der Waals surface area (Å²) in [6.07, 6.45) is 0.778. The molecule has 0 saturated heterocycles. The minimum Gasteiger partial charge on any atom is -0.352 e. The first kappa shape index (κ1) is 13.5. The third-order valence-corrected chi connectivity index (χ3v) is 3.42. The summed E-state index contributed by atoms with van der Waals surface area (Å²) in [5, 5.41) is 2.94. The number of carbonyl (C=O) groups excluding carboxylic acids is 1. The molecule has 0 fully saturated rings. The lowest BCUT2D eigenvalue weighted by atomic mass is 10.1. The SMILES string of the molecule is Cc1c(Br)cccc1C(=O)NCCC(C)Cl. The summed E-state index contributed by atoms with van der Waals surface area (Å²) in [5.41, 5.74) is 1.66. The minimum absolute atomic E-state index is 0.0453. The molecular formula is C12H15BrClNO. The first-order valence-electron chi connectivity index (χ1n) is 5.19. The van der Waals surface area contributed by atoms with Gasteiger partial charge in [0.2, 0.25) is 0 Å². The molecule has 0 bridgehead atoms. The monoisotopic (exact) mass is 303 g/mol. The summed E-state index contributed by atoms with van der Waals surface area (Å²) in [6, 6.07) is 5.60. The van der Waals surface area contributed by atoms with E-state index in [-0.39, 0.29) is 11.3 Å². The Morgan fingerprint density at radius 2 is 2.25 bits per heavy atom. The molecular weight excluding hydrogens is 289 g/mol. The van der Waals surface area contributed by atoms with Crippen LogP contribution in [0.25, 0.3) is 0 Å². The zero-order valence-electron chi connectivity index (χ0n) is 9.39. The Hall–Kier alpha value is -0.540. The number of amides is 1. The van der Waals surface area contributed by atoms with Crippen LogP contribution in [0.5, 0.6) is 0 Å². The van der Waals surface area contributed by atoms with Crippen molar-refractivity contribution in [3.63, 3.8) is 0 Å². The van der Waals surface area contributed by atoms with Crippen LogP contribution in [-0.4, -0.2) is 17.8 Å². The van der Waals surface area contributed by atoms with Crippen LogP contribution >= 0.6 is 27.5 Å². The fourth-order valence-corrected chi connectivity index (χ4v) is 1.81. The van der Waals surface area contributed by atoms with Crippen molar-refractivity contribution >= 4 is 33.4 Å². The number of alkyl halides is 1. The van der Waals surface area contributed by atoms with E-state index in [1.54, 1.807) is 0 Å². The molecule has 1 N–H and O–H groups in total. The summed E-state index contributed by atoms with van der Waals surface area (Å²) in [7, 11) is 0. The van der Waals surface area contributed by atoms with Gasteiger partial charge in [0, 0.05) is 22.0 Å². The molecule has 1 unspecified atom stereocenters. The van der Waals surface area contributed by atoms with E-state index in [0.717, 1.165) is 16.5 Å². The Bertz CT molecular complexity index is 379. The minimum atomic E-state index is -0.0453. The Kier molecular flexibility index (Phi) is 5.29. The van der Waals surface area contributed by atoms with Gasteiger partial charge in [-0.1, -0.05) is 22.0 Å². The molecule has 0 aliphatic heterocycles. The van der Waals surface area contributed by atoms with E-state index in [1.807, 2.05) is 32.0 Å². The van der Waals surface area contributed by atoms with Crippen LogP contribution in [0.2, 0.25) is 0 Å². The lowest BCUT2D eigenvalue weighted by Gasteiger charge is -2.09. The molecule has 0 aliphatic rings. The third-order valence-electron chi connectivity index (χ3n) is 2.34. The second kappa shape index (κ2) is 6.26. The highest BCUT2D eigenvalue weighted by atomic mass is 79.9. The van der Waals surface area contributed by atoms with Crippen LogP contribution in [0.3, 0.4) is 0 Å². The van der Waals surface area contributed by atoms with Crippen LogP contribution < -0.4 is 5.32 Å². The molecule has 1 amide bonds. The van der Waals surface area contributed by atoms with E-state index in [2.05, 4.69) is 21.2 Å². The van der Waals surface area contributed by atoms with E-state index >= 15 is 0 Å². The third kappa shape index (κ3) is 3.80. The number of benzene rings is 1. The number of rotatable bonds is 4. The second-order valence-electron chi connectivity index (χ2n) is 3.74. The van der Waals surface area contributed by atoms with E-state index < -0.39 is 0 Å². The van der Waals surface area contributed by atoms with Crippen LogP contribution in [0, 0.1) is 6.92 Å². The van der Waals surface area contributed by atoms with Gasteiger partial charge in [-0.05, 0) is 38.0 Å². The standard InChI is InChI=1S/C12H15BrClNO/c1-8(14)6-7-15-12(16)10-4-3-5-11(13)9(10)2/h3-5,8H,6-7H2,1-2H3,(H,15,16). The molecule has 16 heavy (non-hydrogen) atoms. The Labute approximate surface area is 110 Å². The molecule has 1 atom stereocenters. The first-order chi connectivity index (χ1) is 7.52. The molecule has 1 aromatic carbocycles. The van der Waals surface area contributed by atoms with Crippen LogP contribution in [-0.2, 0) is 0 Å². The Balaban J connectivity index is 2.63. The number of hydrogen-bond acceptors (Lipinski definition) is 1. The molecule has 0 saturated carbocycles. The predicted molar refractivity (Wildman–Crippen MR) is 71.1 cm³/mol. The van der Waals surface area contributed by atoms with Crippen molar-refractivity contribution in [2.24, 2.45) is 0 Å². The molecule has 88 valence electrons. The largest absolute Gasteiger partial charge is 0.352 e. The highest BCUT2D eigenvalue weighted by molar-refractivity contribution is 9.10. The quantitative estimate of drug-likeness (QED) is 0.848. The van der Waals surface area contributed by atoms with Crippen LogP contribution in [0.15, 0.2) is 22.7 Å². The van der Waals surface area contributed by atoms with Gasteiger partial charge in [-0.15, -0.1) is 11.6 Å². The topological polar surface area (TPSA) is 29.1 Å². The molecule has 0 radical (unpaired) electrons. The fourth-order valence-electron chi connectivity index (χ4n) is 1.33. The summed E-state index contributed by atoms with van der Waals surface area (Å²) in [4.78, 5) is 11.8. The Morgan fingerprint density at radius 3 is 2.88 bits per heavy atom. The van der Waals surface area contributed by atoms with E-state index in [9.17, 15) is 4.79 Å². The van der Waals surface area contributed by atoms with Gasteiger partial charge in [-0.3, -0.25) is 4.79 Å². The number of nitrogens with one attached hydrogen (secondary N) is 1. The number of carbonyl (C=O) groups is 1. The van der Waals surface area contributed by atoms with Crippen molar-refractivity contribution < 1.29 is 4.79 Å². The van der Waals surface area contributed by atoms with Crippen LogP contribution in [0.4, 0.5) is 0 Å². The zero-order chi connectivity index (χ0) is 12.1. The van der Waals surface area contributed by atoms with Crippen molar-refractivity contribution in [3.05, 3.63) is 33.8 Å². The second-order valence-corrected chi connectivity index (χ2v) is 5.34. The van der Waals surface area contributed by atoms with E-state index in [0.29, 0.717) is 12.1 Å². The van der Waals surface area contributed by atoms with Crippen molar-refractivity contribution in [3.8, 4) is 0 Å². The lowest BCUT2D eigenvalue weighted by Crippen LogP contribution is -2.26. The van der Waals surface area contributed by atoms with Gasteiger partial charge in [-0.2, -0.15) is 0 Å². The van der Waals surface area contributed by atoms with Crippen molar-refractivity contribution in [2.75, 3.05) is 6.54 Å². The molecule has 0 spiro atoms. The fraction of sp³-hybridized carbons (Fsp3) is 0.417. The maximum Gasteiger partial charge on any atom is 0.251 e. The zero-order valence-corrected chi connectivity index (χ0v) is 11.7. The molecule has 1 rings (SSSR count). The van der Waals surface area contributed by atoms with Crippen molar-refractivity contribution in [2.45, 2.75) is 25.6 Å². The van der Waals surface area contributed by atoms with Crippen molar-refractivity contribution in [1.29, 1.82) is 0 Å². The Morgan fingerprint density at radius 1 is 1.56 bits per heavy atom. The highest BCUT2D eigenvalue weighted by Gasteiger charge is 2.10. The molecule has 0 aliphatic carbocycles. The van der Waals surface area contributed by atoms with Gasteiger partial charge < -0.3 is 5.32 Å². The van der Waals surface area contributed by atoms with Crippen LogP contribution in [0.1, 0.15) is 29.3 Å². The van der Waals surface area contributed by atoms with Gasteiger partial charge in [0.25, 0.3) is 5.91 Å².